The average molecular weight is 349 g/mol. The molecular weight excluding hydrogens is 326 g/mol. The smallest absolute Gasteiger partial charge is 0.410 e. The Kier molecular flexibility index (Phi) is 4.86. The molecular formula is C21H23N3O2. The molecule has 0 unspecified atom stereocenters. The molecule has 0 N–H and O–H groups in total. The summed E-state index contributed by atoms with van der Waals surface area (Å²) in [6, 6.07) is 15.4. The fraction of sp³-hybridized carbons (Fsp3) is 0.333. The molecule has 0 atom stereocenters. The molecule has 0 saturated carbocycles. The number of pyridine rings is 1. The lowest BCUT2D eigenvalue weighted by Gasteiger charge is -2.31. The summed E-state index contributed by atoms with van der Waals surface area (Å²) in [6.07, 6.45) is 6.89. The molecule has 3 heterocycles. The first-order chi connectivity index (χ1) is 12.8. The Morgan fingerprint density at radius 3 is 2.69 bits per heavy atom. The van der Waals surface area contributed by atoms with Crippen molar-refractivity contribution in [3.05, 3.63) is 60.9 Å². The molecule has 1 saturated heterocycles. The van der Waals surface area contributed by atoms with Gasteiger partial charge in [-0.15, -0.1) is 0 Å². The molecule has 1 aliphatic rings. The van der Waals surface area contributed by atoms with Gasteiger partial charge in [0.2, 0.25) is 0 Å². The van der Waals surface area contributed by atoms with Gasteiger partial charge in [0.15, 0.2) is 0 Å². The van der Waals surface area contributed by atoms with E-state index in [1.54, 1.807) is 12.1 Å². The van der Waals surface area contributed by atoms with Crippen molar-refractivity contribution in [2.75, 3.05) is 13.1 Å². The fourth-order valence-corrected chi connectivity index (χ4v) is 3.60. The second-order valence-corrected chi connectivity index (χ2v) is 6.82. The fourth-order valence-electron chi connectivity index (χ4n) is 3.60. The van der Waals surface area contributed by atoms with Crippen LogP contribution in [0.2, 0.25) is 0 Å². The van der Waals surface area contributed by atoms with Crippen LogP contribution in [0.4, 0.5) is 4.79 Å². The number of carbonyl (C=O) groups is 1. The predicted octanol–water partition coefficient (Wildman–Crippen LogP) is 4.34. The number of nitrogens with zero attached hydrogens (tertiary/aromatic N) is 3. The summed E-state index contributed by atoms with van der Waals surface area (Å²) in [5, 5.41) is 0. The number of fused-ring (bicyclic) bond motifs is 1. The number of piperidine rings is 1. The van der Waals surface area contributed by atoms with Crippen LogP contribution in [0.25, 0.3) is 11.0 Å². The van der Waals surface area contributed by atoms with Gasteiger partial charge in [0.25, 0.3) is 0 Å². The molecule has 1 aromatic carbocycles. The van der Waals surface area contributed by atoms with Crippen LogP contribution < -0.4 is 4.74 Å². The lowest BCUT2D eigenvalue weighted by atomic mass is 9.94. The van der Waals surface area contributed by atoms with Crippen LogP contribution >= 0.6 is 0 Å². The summed E-state index contributed by atoms with van der Waals surface area (Å²) in [5.41, 5.74) is 2.24. The van der Waals surface area contributed by atoms with Crippen LogP contribution in [-0.4, -0.2) is 33.6 Å². The monoisotopic (exact) mass is 349 g/mol. The van der Waals surface area contributed by atoms with E-state index in [1.165, 1.54) is 5.52 Å². The van der Waals surface area contributed by atoms with Crippen molar-refractivity contribution in [1.29, 1.82) is 0 Å². The number of para-hydroxylation sites is 1. The van der Waals surface area contributed by atoms with Gasteiger partial charge in [-0.25, -0.2) is 4.79 Å². The van der Waals surface area contributed by atoms with Gasteiger partial charge < -0.3 is 14.2 Å². The molecule has 0 spiro atoms. The van der Waals surface area contributed by atoms with Crippen LogP contribution in [0.5, 0.6) is 5.75 Å². The van der Waals surface area contributed by atoms with E-state index in [-0.39, 0.29) is 6.09 Å². The van der Waals surface area contributed by atoms with Gasteiger partial charge >= 0.3 is 6.09 Å². The maximum absolute atomic E-state index is 12.3. The zero-order chi connectivity index (χ0) is 17.8. The third-order valence-electron chi connectivity index (χ3n) is 5.14. The van der Waals surface area contributed by atoms with Crippen molar-refractivity contribution in [2.24, 2.45) is 5.92 Å². The number of ether oxygens (including phenoxy) is 1. The van der Waals surface area contributed by atoms with Crippen LogP contribution in [0.3, 0.4) is 0 Å². The van der Waals surface area contributed by atoms with E-state index >= 15 is 0 Å². The van der Waals surface area contributed by atoms with Crippen molar-refractivity contribution in [3.8, 4) is 5.75 Å². The van der Waals surface area contributed by atoms with Crippen LogP contribution in [0.15, 0.2) is 60.9 Å². The van der Waals surface area contributed by atoms with E-state index in [0.717, 1.165) is 44.4 Å². The average Bonchev–Trinajstić information content (AvgIpc) is 3.11. The third-order valence-corrected chi connectivity index (χ3v) is 5.14. The number of likely N-dealkylation sites (tertiary alicyclic amines) is 1. The lowest BCUT2D eigenvalue weighted by molar-refractivity contribution is 0.128. The summed E-state index contributed by atoms with van der Waals surface area (Å²) in [5.74, 6) is 1.25. The molecule has 1 fully saturated rings. The molecule has 3 aromatic rings. The highest BCUT2D eigenvalue weighted by molar-refractivity contribution is 5.75. The molecule has 2 aromatic heterocycles. The van der Waals surface area contributed by atoms with E-state index in [4.69, 9.17) is 4.74 Å². The first-order valence-corrected chi connectivity index (χ1v) is 9.21. The van der Waals surface area contributed by atoms with E-state index in [2.05, 4.69) is 27.9 Å². The maximum atomic E-state index is 12.3. The first kappa shape index (κ1) is 16.6. The van der Waals surface area contributed by atoms with E-state index < -0.39 is 0 Å². The van der Waals surface area contributed by atoms with Crippen molar-refractivity contribution in [2.45, 2.75) is 25.8 Å². The predicted molar refractivity (Wildman–Crippen MR) is 101 cm³/mol. The molecule has 5 nitrogen and oxygen atoms in total. The summed E-state index contributed by atoms with van der Waals surface area (Å²) in [7, 11) is 0. The highest BCUT2D eigenvalue weighted by Crippen LogP contribution is 2.23. The number of aromatic nitrogens is 2. The van der Waals surface area contributed by atoms with Crippen LogP contribution in [0.1, 0.15) is 19.3 Å². The Labute approximate surface area is 153 Å². The minimum Gasteiger partial charge on any atom is -0.410 e. The van der Waals surface area contributed by atoms with Gasteiger partial charge in [-0.3, -0.25) is 4.98 Å². The quantitative estimate of drug-likeness (QED) is 0.704. The highest BCUT2D eigenvalue weighted by atomic mass is 16.6. The maximum Gasteiger partial charge on any atom is 0.415 e. The first-order valence-electron chi connectivity index (χ1n) is 9.21. The van der Waals surface area contributed by atoms with E-state index in [9.17, 15) is 4.79 Å². The summed E-state index contributed by atoms with van der Waals surface area (Å²) in [6.45, 7) is 2.53. The van der Waals surface area contributed by atoms with E-state index in [0.29, 0.717) is 11.7 Å². The van der Waals surface area contributed by atoms with Gasteiger partial charge in [-0.1, -0.05) is 18.2 Å². The second kappa shape index (κ2) is 7.60. The number of hydrogen-bond donors (Lipinski definition) is 0. The molecule has 0 bridgehead atoms. The van der Waals surface area contributed by atoms with Crippen molar-refractivity contribution >= 4 is 17.1 Å². The molecule has 0 radical (unpaired) electrons. The largest absolute Gasteiger partial charge is 0.415 e. The van der Waals surface area contributed by atoms with Gasteiger partial charge in [0.1, 0.15) is 5.75 Å². The summed E-state index contributed by atoms with van der Waals surface area (Å²) in [4.78, 5) is 18.5. The minimum atomic E-state index is -0.239. The SMILES string of the molecule is O=C(Oc1ccccc1)N1CCC(CCn2ccc3ncccc32)CC1. The zero-order valence-electron chi connectivity index (χ0n) is 14.8. The number of rotatable bonds is 4. The molecule has 26 heavy (non-hydrogen) atoms. The van der Waals surface area contributed by atoms with Gasteiger partial charge in [0, 0.05) is 32.0 Å². The second-order valence-electron chi connectivity index (χ2n) is 6.82. The molecule has 1 amide bonds. The number of hydrogen-bond acceptors (Lipinski definition) is 3. The standard InChI is InChI=1S/C21H23N3O2/c25-21(26-18-5-2-1-3-6-18)24-14-9-17(10-15-24)8-13-23-16-11-19-20(23)7-4-12-22-19/h1-7,11-12,16-17H,8-10,13-15H2. The molecule has 1 aliphatic heterocycles. The molecule has 5 heteroatoms. The Morgan fingerprint density at radius 1 is 1.08 bits per heavy atom. The summed E-state index contributed by atoms with van der Waals surface area (Å²) < 4.78 is 7.71. The molecule has 134 valence electrons. The normalized spacial score (nSPS) is 15.3. The number of aryl methyl sites for hydroxylation is 1. The zero-order valence-corrected chi connectivity index (χ0v) is 14.8. The Hall–Kier alpha value is -2.82. The number of benzene rings is 1. The van der Waals surface area contributed by atoms with Crippen LogP contribution in [-0.2, 0) is 6.54 Å². The lowest BCUT2D eigenvalue weighted by Crippen LogP contribution is -2.40. The Bertz CT molecular complexity index is 867. The Morgan fingerprint density at radius 2 is 1.88 bits per heavy atom. The van der Waals surface area contributed by atoms with Gasteiger partial charge in [-0.2, -0.15) is 0 Å². The number of amides is 1. The minimum absolute atomic E-state index is 0.239. The highest BCUT2D eigenvalue weighted by Gasteiger charge is 2.24. The third kappa shape index (κ3) is 3.72. The van der Waals surface area contributed by atoms with E-state index in [1.807, 2.05) is 35.4 Å². The topological polar surface area (TPSA) is 47.4 Å². The van der Waals surface area contributed by atoms with Gasteiger partial charge in [0.05, 0.1) is 11.0 Å². The summed E-state index contributed by atoms with van der Waals surface area (Å²) >= 11 is 0. The van der Waals surface area contributed by atoms with Crippen LogP contribution in [0, 0.1) is 5.92 Å². The molecule has 4 rings (SSSR count). The van der Waals surface area contributed by atoms with Crippen molar-refractivity contribution < 1.29 is 9.53 Å². The Balaban J connectivity index is 1.26. The van der Waals surface area contributed by atoms with Crippen molar-refractivity contribution in [3.63, 3.8) is 0 Å². The molecule has 0 aliphatic carbocycles. The number of carbonyl (C=O) groups excluding carboxylic acids is 1. The van der Waals surface area contributed by atoms with Crippen molar-refractivity contribution in [1.82, 2.24) is 14.5 Å². The van der Waals surface area contributed by atoms with Gasteiger partial charge in [-0.05, 0) is 55.5 Å².